The number of primary amides is 1. The molecular formula is C28H39N7O2. The molecule has 3 aromatic rings. The fourth-order valence-electron chi connectivity index (χ4n) is 5.76. The molecule has 2 aromatic heterocycles. The van der Waals surface area contributed by atoms with E-state index in [1.807, 2.05) is 10.8 Å². The number of aromatic nitrogens is 3. The molecule has 0 radical (unpaired) electrons. The maximum Gasteiger partial charge on any atom is 0.260 e. The van der Waals surface area contributed by atoms with Crippen LogP contribution in [0, 0.1) is 5.92 Å². The highest BCUT2D eigenvalue weighted by Gasteiger charge is 2.28. The smallest absolute Gasteiger partial charge is 0.260 e. The van der Waals surface area contributed by atoms with Crippen LogP contribution in [-0.4, -0.2) is 70.0 Å². The Kier molecular flexibility index (Phi) is 7.71. The second-order valence-electron chi connectivity index (χ2n) is 10.8. The van der Waals surface area contributed by atoms with Crippen molar-refractivity contribution in [2.45, 2.75) is 58.0 Å². The van der Waals surface area contributed by atoms with Crippen molar-refractivity contribution in [2.75, 3.05) is 45.1 Å². The lowest BCUT2D eigenvalue weighted by Gasteiger charge is -2.32. The van der Waals surface area contributed by atoms with Crippen LogP contribution in [0.25, 0.3) is 21.8 Å². The van der Waals surface area contributed by atoms with Gasteiger partial charge in [0.05, 0.1) is 0 Å². The summed E-state index contributed by atoms with van der Waals surface area (Å²) in [5.74, 6) is 0.188. The number of piperazine rings is 1. The maximum atomic E-state index is 14.1. The monoisotopic (exact) mass is 505 g/mol. The molecule has 2 aliphatic rings. The van der Waals surface area contributed by atoms with Gasteiger partial charge in [0.15, 0.2) is 0 Å². The number of nitrogens with one attached hydrogen (secondary N) is 1. The van der Waals surface area contributed by atoms with E-state index in [2.05, 4.69) is 52.3 Å². The number of carbonyl (C=O) groups excluding carboxylic acids is 1. The van der Waals surface area contributed by atoms with Crippen molar-refractivity contribution >= 4 is 33.7 Å². The third-order valence-corrected chi connectivity index (χ3v) is 8.10. The minimum absolute atomic E-state index is 0.0107. The number of pyridine rings is 1. The first-order valence-electron chi connectivity index (χ1n) is 13.7. The molecule has 0 unspecified atom stereocenters. The number of nitrogens with two attached hydrogens (primary N) is 1. The van der Waals surface area contributed by atoms with E-state index in [0.717, 1.165) is 81.3 Å². The lowest BCUT2D eigenvalue weighted by atomic mass is 9.85. The largest absolute Gasteiger partial charge is 0.369 e. The average molecular weight is 506 g/mol. The van der Waals surface area contributed by atoms with Crippen LogP contribution in [0.4, 0.5) is 5.95 Å². The Hall–Kier alpha value is -3.04. The van der Waals surface area contributed by atoms with E-state index in [1.54, 1.807) is 0 Å². The van der Waals surface area contributed by atoms with E-state index in [0.29, 0.717) is 29.8 Å². The Balaban J connectivity index is 1.56. The van der Waals surface area contributed by atoms with Gasteiger partial charge in [0.25, 0.3) is 5.56 Å². The molecule has 1 amide bonds. The summed E-state index contributed by atoms with van der Waals surface area (Å²) in [4.78, 5) is 40.1. The molecule has 1 aliphatic heterocycles. The Morgan fingerprint density at radius 3 is 2.54 bits per heavy atom. The van der Waals surface area contributed by atoms with Crippen molar-refractivity contribution in [2.24, 2.45) is 11.7 Å². The summed E-state index contributed by atoms with van der Waals surface area (Å²) in [7, 11) is 2.16. The van der Waals surface area contributed by atoms with Crippen LogP contribution in [0.15, 0.2) is 29.2 Å². The Labute approximate surface area is 218 Å². The number of benzene rings is 1. The molecule has 1 aliphatic carbocycles. The number of amides is 1. The highest BCUT2D eigenvalue weighted by atomic mass is 16.1. The molecule has 1 saturated heterocycles. The molecule has 3 N–H and O–H groups in total. The van der Waals surface area contributed by atoms with E-state index in [9.17, 15) is 9.59 Å². The van der Waals surface area contributed by atoms with Gasteiger partial charge >= 0.3 is 0 Å². The molecule has 9 nitrogen and oxygen atoms in total. The first-order valence-corrected chi connectivity index (χ1v) is 13.7. The summed E-state index contributed by atoms with van der Waals surface area (Å²) >= 11 is 0. The number of likely N-dealkylation sites (N-methyl/N-ethyl adjacent to an activating group) is 1. The van der Waals surface area contributed by atoms with E-state index in [1.165, 1.54) is 0 Å². The van der Waals surface area contributed by atoms with Crippen molar-refractivity contribution in [3.8, 4) is 0 Å². The van der Waals surface area contributed by atoms with Gasteiger partial charge in [0.2, 0.25) is 11.9 Å². The van der Waals surface area contributed by atoms with Crippen molar-refractivity contribution in [1.29, 1.82) is 0 Å². The van der Waals surface area contributed by atoms with Gasteiger partial charge in [-0.15, -0.1) is 0 Å². The van der Waals surface area contributed by atoms with Gasteiger partial charge < -0.3 is 16.0 Å². The van der Waals surface area contributed by atoms with Crippen molar-refractivity contribution in [3.63, 3.8) is 0 Å². The van der Waals surface area contributed by atoms with Crippen LogP contribution >= 0.6 is 0 Å². The molecule has 37 heavy (non-hydrogen) atoms. The minimum Gasteiger partial charge on any atom is -0.369 e. The van der Waals surface area contributed by atoms with E-state index in [-0.39, 0.29) is 23.4 Å². The summed E-state index contributed by atoms with van der Waals surface area (Å²) in [6.45, 7) is 7.95. The molecule has 2 fully saturated rings. The fraction of sp³-hybridized carbons (Fsp3) is 0.571. The van der Waals surface area contributed by atoms with E-state index in [4.69, 9.17) is 10.7 Å². The third-order valence-electron chi connectivity index (χ3n) is 8.10. The first kappa shape index (κ1) is 25.6. The molecule has 9 heteroatoms. The van der Waals surface area contributed by atoms with Gasteiger partial charge in [-0.05, 0) is 56.2 Å². The molecule has 0 spiro atoms. The normalized spacial score (nSPS) is 21.5. The predicted molar refractivity (Wildman–Crippen MR) is 148 cm³/mol. The summed E-state index contributed by atoms with van der Waals surface area (Å²) in [5, 5.41) is 5.80. The summed E-state index contributed by atoms with van der Waals surface area (Å²) in [6, 6.07) is 6.24. The summed E-state index contributed by atoms with van der Waals surface area (Å²) in [5.41, 5.74) is 7.39. The zero-order valence-corrected chi connectivity index (χ0v) is 22.1. The summed E-state index contributed by atoms with van der Waals surface area (Å²) in [6.07, 6.45) is 6.82. The molecule has 0 atom stereocenters. The fourth-order valence-corrected chi connectivity index (χ4v) is 5.76. The molecule has 3 heterocycles. The van der Waals surface area contributed by atoms with E-state index < -0.39 is 0 Å². The Morgan fingerprint density at radius 1 is 1.08 bits per heavy atom. The zero-order valence-electron chi connectivity index (χ0n) is 22.1. The SMILES string of the molecule is CCCCNc1ncc2c3ccc(CN4CCN(C)CC4)cc3c(=O)n([C@H]3CC[C@H](C(N)=O)CC3)c2n1. The topological polar surface area (TPSA) is 109 Å². The second kappa shape index (κ2) is 11.1. The number of rotatable bonds is 8. The molecule has 1 aromatic carbocycles. The van der Waals surface area contributed by atoms with Gasteiger partial charge in [-0.25, -0.2) is 4.98 Å². The number of anilines is 1. The second-order valence-corrected chi connectivity index (χ2v) is 10.8. The minimum atomic E-state index is -0.243. The van der Waals surface area contributed by atoms with Crippen molar-refractivity contribution in [3.05, 3.63) is 40.3 Å². The Bertz CT molecular complexity index is 1320. The van der Waals surface area contributed by atoms with Crippen molar-refractivity contribution < 1.29 is 4.79 Å². The molecular weight excluding hydrogens is 466 g/mol. The van der Waals surface area contributed by atoms with E-state index >= 15 is 0 Å². The molecule has 5 rings (SSSR count). The number of nitrogens with zero attached hydrogens (tertiary/aromatic N) is 5. The van der Waals surface area contributed by atoms with Gasteiger partial charge in [0.1, 0.15) is 5.65 Å². The number of hydrogen-bond acceptors (Lipinski definition) is 7. The third kappa shape index (κ3) is 5.48. The number of carbonyl (C=O) groups is 1. The van der Waals surface area contributed by atoms with Gasteiger partial charge in [-0.2, -0.15) is 4.98 Å². The average Bonchev–Trinajstić information content (AvgIpc) is 2.90. The van der Waals surface area contributed by atoms with Crippen LogP contribution in [0.5, 0.6) is 0 Å². The zero-order chi connectivity index (χ0) is 25.9. The number of hydrogen-bond donors (Lipinski definition) is 2. The lowest BCUT2D eigenvalue weighted by molar-refractivity contribution is -0.122. The van der Waals surface area contributed by atoms with Crippen LogP contribution in [0.3, 0.4) is 0 Å². The van der Waals surface area contributed by atoms with Crippen LogP contribution in [0.1, 0.15) is 57.1 Å². The summed E-state index contributed by atoms with van der Waals surface area (Å²) < 4.78 is 1.88. The van der Waals surface area contributed by atoms with Crippen LogP contribution < -0.4 is 16.6 Å². The van der Waals surface area contributed by atoms with Crippen LogP contribution in [0.2, 0.25) is 0 Å². The maximum absolute atomic E-state index is 14.1. The highest BCUT2D eigenvalue weighted by molar-refractivity contribution is 6.04. The first-order chi connectivity index (χ1) is 17.9. The van der Waals surface area contributed by atoms with Crippen LogP contribution in [-0.2, 0) is 11.3 Å². The Morgan fingerprint density at radius 2 is 1.84 bits per heavy atom. The molecule has 1 saturated carbocycles. The predicted octanol–water partition coefficient (Wildman–Crippen LogP) is 3.12. The molecule has 198 valence electrons. The van der Waals surface area contributed by atoms with Gasteiger partial charge in [0, 0.05) is 68.2 Å². The highest BCUT2D eigenvalue weighted by Crippen LogP contribution is 2.34. The number of fused-ring (bicyclic) bond motifs is 3. The quantitative estimate of drug-likeness (QED) is 0.358. The standard InChI is InChI=1S/C28H39N7O2/c1-3-4-11-30-28-31-17-24-22-10-5-19(18-34-14-12-33(2)13-15-34)16-23(22)27(37)35(26(24)32-28)21-8-6-20(7-9-21)25(29)36/h5,10,16-17,20-21H,3-4,6-9,11-15,18H2,1-2H3,(H2,29,36)(H,30,31,32)/t20-,21-. The van der Waals surface area contributed by atoms with Gasteiger partial charge in [-0.3, -0.25) is 19.1 Å². The molecule has 0 bridgehead atoms. The number of unbranched alkanes of at least 4 members (excludes halogenated alkanes) is 1. The van der Waals surface area contributed by atoms with Crippen molar-refractivity contribution in [1.82, 2.24) is 24.3 Å². The van der Waals surface area contributed by atoms with Gasteiger partial charge in [-0.1, -0.05) is 25.5 Å². The lowest BCUT2D eigenvalue weighted by Crippen LogP contribution is -2.43.